The number of para-hydroxylation sites is 1. The molecule has 2 rings (SSSR count). The summed E-state index contributed by atoms with van der Waals surface area (Å²) < 4.78 is 0. The van der Waals surface area contributed by atoms with Crippen LogP contribution in [0.1, 0.15) is 9.88 Å². The summed E-state index contributed by atoms with van der Waals surface area (Å²) in [6.45, 7) is 2.45. The fourth-order valence-electron chi connectivity index (χ4n) is 1.35. The minimum atomic E-state index is -0.206. The number of aromatic nitrogens is 1. The first-order chi connectivity index (χ1) is 8.24. The van der Waals surface area contributed by atoms with Crippen molar-refractivity contribution >= 4 is 23.1 Å². The number of carbonyl (C=O) groups excluding carboxylic acids is 1. The average Bonchev–Trinajstić information content (AvgIpc) is 2.74. The van der Waals surface area contributed by atoms with Gasteiger partial charge < -0.3 is 10.6 Å². The smallest absolute Gasteiger partial charge is 0.319 e. The maximum Gasteiger partial charge on any atom is 0.319 e. The van der Waals surface area contributed by atoms with E-state index in [0.717, 1.165) is 15.6 Å². The van der Waals surface area contributed by atoms with Crippen LogP contribution in [0.5, 0.6) is 0 Å². The Morgan fingerprint density at radius 3 is 2.76 bits per heavy atom. The van der Waals surface area contributed by atoms with Gasteiger partial charge in [-0.05, 0) is 19.1 Å². The van der Waals surface area contributed by atoms with Gasteiger partial charge in [-0.3, -0.25) is 0 Å². The summed E-state index contributed by atoms with van der Waals surface area (Å²) in [7, 11) is 0. The van der Waals surface area contributed by atoms with Gasteiger partial charge in [0.25, 0.3) is 0 Å². The van der Waals surface area contributed by atoms with Crippen molar-refractivity contribution in [1.82, 2.24) is 10.3 Å². The molecule has 0 spiro atoms. The van der Waals surface area contributed by atoms with Crippen molar-refractivity contribution in [3.05, 3.63) is 46.4 Å². The van der Waals surface area contributed by atoms with Gasteiger partial charge in [0.1, 0.15) is 0 Å². The summed E-state index contributed by atoms with van der Waals surface area (Å²) >= 11 is 1.58. The van der Waals surface area contributed by atoms with Crippen molar-refractivity contribution in [2.75, 3.05) is 5.32 Å². The third kappa shape index (κ3) is 3.57. The number of carbonyl (C=O) groups is 1. The molecule has 1 heterocycles. The number of nitrogens with zero attached hydrogens (tertiary/aromatic N) is 1. The van der Waals surface area contributed by atoms with Gasteiger partial charge in [0.2, 0.25) is 0 Å². The van der Waals surface area contributed by atoms with Gasteiger partial charge in [0.05, 0.1) is 11.6 Å². The molecule has 4 nitrogen and oxygen atoms in total. The van der Waals surface area contributed by atoms with E-state index >= 15 is 0 Å². The lowest BCUT2D eigenvalue weighted by molar-refractivity contribution is 0.252. The Balaban J connectivity index is 1.82. The quantitative estimate of drug-likeness (QED) is 0.876. The molecule has 0 aliphatic carbocycles. The van der Waals surface area contributed by atoms with Gasteiger partial charge in [-0.1, -0.05) is 18.2 Å². The monoisotopic (exact) mass is 247 g/mol. The first-order valence-electron chi connectivity index (χ1n) is 5.25. The second-order valence-corrected chi connectivity index (χ2v) is 4.84. The van der Waals surface area contributed by atoms with Crippen molar-refractivity contribution in [2.45, 2.75) is 13.5 Å². The minimum Gasteiger partial charge on any atom is -0.333 e. The zero-order valence-electron chi connectivity index (χ0n) is 9.43. The summed E-state index contributed by atoms with van der Waals surface area (Å²) in [6, 6.07) is 9.14. The van der Waals surface area contributed by atoms with Crippen LogP contribution in [0.3, 0.4) is 0 Å². The fraction of sp³-hybridized carbons (Fsp3) is 0.167. The zero-order valence-corrected chi connectivity index (χ0v) is 10.3. The standard InChI is InChI=1S/C12H13N3OS/c1-9-13-7-11(17-9)8-14-12(16)15-10-5-3-2-4-6-10/h2-7H,8H2,1H3,(H2,14,15,16). The van der Waals surface area contributed by atoms with Crippen LogP contribution < -0.4 is 10.6 Å². The highest BCUT2D eigenvalue weighted by Crippen LogP contribution is 2.11. The average molecular weight is 247 g/mol. The van der Waals surface area contributed by atoms with E-state index in [4.69, 9.17) is 0 Å². The number of benzene rings is 1. The van der Waals surface area contributed by atoms with Crippen molar-refractivity contribution in [3.63, 3.8) is 0 Å². The van der Waals surface area contributed by atoms with E-state index < -0.39 is 0 Å². The van der Waals surface area contributed by atoms with Crippen molar-refractivity contribution < 1.29 is 4.79 Å². The molecule has 2 aromatic rings. The molecule has 0 unspecified atom stereocenters. The number of aryl methyl sites for hydroxylation is 1. The molecule has 0 aliphatic rings. The predicted molar refractivity (Wildman–Crippen MR) is 69.2 cm³/mol. The van der Waals surface area contributed by atoms with Gasteiger partial charge in [-0.25, -0.2) is 9.78 Å². The number of amides is 2. The van der Waals surface area contributed by atoms with E-state index in [-0.39, 0.29) is 6.03 Å². The molecule has 0 fully saturated rings. The van der Waals surface area contributed by atoms with Crippen LogP contribution in [-0.2, 0) is 6.54 Å². The van der Waals surface area contributed by atoms with E-state index in [2.05, 4.69) is 15.6 Å². The van der Waals surface area contributed by atoms with Crippen LogP contribution >= 0.6 is 11.3 Å². The molecular formula is C12H13N3OS. The molecule has 17 heavy (non-hydrogen) atoms. The van der Waals surface area contributed by atoms with Gasteiger partial charge in [-0.15, -0.1) is 11.3 Å². The third-order valence-corrected chi connectivity index (χ3v) is 3.04. The first kappa shape index (κ1) is 11.6. The third-order valence-electron chi connectivity index (χ3n) is 2.12. The molecular weight excluding hydrogens is 234 g/mol. The van der Waals surface area contributed by atoms with Crippen LogP contribution in [0.25, 0.3) is 0 Å². The van der Waals surface area contributed by atoms with Crippen LogP contribution in [0.2, 0.25) is 0 Å². The fourth-order valence-corrected chi connectivity index (χ4v) is 2.09. The molecule has 88 valence electrons. The number of thiazole rings is 1. The lowest BCUT2D eigenvalue weighted by atomic mass is 10.3. The minimum absolute atomic E-state index is 0.206. The molecule has 5 heteroatoms. The number of rotatable bonds is 3. The summed E-state index contributed by atoms with van der Waals surface area (Å²) in [6.07, 6.45) is 1.78. The molecule has 1 aromatic heterocycles. The Morgan fingerprint density at radius 1 is 1.35 bits per heavy atom. The normalized spacial score (nSPS) is 9.94. The first-order valence-corrected chi connectivity index (χ1v) is 6.07. The molecule has 0 atom stereocenters. The molecule has 0 aliphatic heterocycles. The van der Waals surface area contributed by atoms with Crippen molar-refractivity contribution in [2.24, 2.45) is 0 Å². The number of hydrogen-bond donors (Lipinski definition) is 2. The van der Waals surface area contributed by atoms with E-state index in [1.807, 2.05) is 37.3 Å². The zero-order chi connectivity index (χ0) is 12.1. The Morgan fingerprint density at radius 2 is 2.12 bits per heavy atom. The highest BCUT2D eigenvalue weighted by atomic mass is 32.1. The maximum atomic E-state index is 11.6. The van der Waals surface area contributed by atoms with Gasteiger partial charge in [0.15, 0.2) is 0 Å². The molecule has 2 N–H and O–H groups in total. The Hall–Kier alpha value is -1.88. The van der Waals surface area contributed by atoms with Crippen LogP contribution in [-0.4, -0.2) is 11.0 Å². The largest absolute Gasteiger partial charge is 0.333 e. The van der Waals surface area contributed by atoms with Crippen LogP contribution in [0.15, 0.2) is 36.5 Å². The summed E-state index contributed by atoms with van der Waals surface area (Å²) in [4.78, 5) is 16.7. The van der Waals surface area contributed by atoms with Gasteiger partial charge >= 0.3 is 6.03 Å². The Kier molecular flexibility index (Phi) is 3.72. The number of nitrogens with one attached hydrogen (secondary N) is 2. The second kappa shape index (κ2) is 5.45. The molecule has 1 aromatic carbocycles. The van der Waals surface area contributed by atoms with Gasteiger partial charge in [-0.2, -0.15) is 0 Å². The number of hydrogen-bond acceptors (Lipinski definition) is 3. The molecule has 0 saturated carbocycles. The maximum absolute atomic E-state index is 11.6. The van der Waals surface area contributed by atoms with E-state index in [1.54, 1.807) is 17.5 Å². The molecule has 0 saturated heterocycles. The topological polar surface area (TPSA) is 54.0 Å². The highest BCUT2D eigenvalue weighted by molar-refractivity contribution is 7.11. The molecule has 2 amide bonds. The van der Waals surface area contributed by atoms with E-state index in [9.17, 15) is 4.79 Å². The Labute approximate surface area is 104 Å². The number of anilines is 1. The molecule has 0 bridgehead atoms. The summed E-state index contributed by atoms with van der Waals surface area (Å²) in [5.74, 6) is 0. The second-order valence-electron chi connectivity index (χ2n) is 3.52. The lowest BCUT2D eigenvalue weighted by Gasteiger charge is -2.05. The highest BCUT2D eigenvalue weighted by Gasteiger charge is 2.02. The lowest BCUT2D eigenvalue weighted by Crippen LogP contribution is -2.27. The summed E-state index contributed by atoms with van der Waals surface area (Å²) in [5, 5.41) is 6.54. The van der Waals surface area contributed by atoms with Crippen molar-refractivity contribution in [3.8, 4) is 0 Å². The SMILES string of the molecule is Cc1ncc(CNC(=O)Nc2ccccc2)s1. The van der Waals surface area contributed by atoms with E-state index in [0.29, 0.717) is 6.54 Å². The van der Waals surface area contributed by atoms with E-state index in [1.165, 1.54) is 0 Å². The van der Waals surface area contributed by atoms with Crippen LogP contribution in [0.4, 0.5) is 10.5 Å². The number of urea groups is 1. The van der Waals surface area contributed by atoms with Gasteiger partial charge in [0, 0.05) is 16.8 Å². The summed E-state index contributed by atoms with van der Waals surface area (Å²) in [5.41, 5.74) is 0.783. The van der Waals surface area contributed by atoms with Crippen molar-refractivity contribution in [1.29, 1.82) is 0 Å². The van der Waals surface area contributed by atoms with Crippen LogP contribution in [0, 0.1) is 6.92 Å². The predicted octanol–water partition coefficient (Wildman–Crippen LogP) is 2.77. The Bertz CT molecular complexity index is 495. The molecule has 0 radical (unpaired) electrons.